The molecule has 1 aliphatic rings. The van der Waals surface area contributed by atoms with Gasteiger partial charge < -0.3 is 14.4 Å². The number of carboxylic acids is 1. The van der Waals surface area contributed by atoms with E-state index in [2.05, 4.69) is 32.5 Å². The van der Waals surface area contributed by atoms with Gasteiger partial charge in [-0.3, -0.25) is 0 Å². The van der Waals surface area contributed by atoms with E-state index in [-0.39, 0.29) is 10.8 Å². The lowest BCUT2D eigenvalue weighted by Gasteiger charge is -2.31. The number of aromatic nitrogens is 6. The maximum atomic E-state index is 11.7. The second kappa shape index (κ2) is 9.99. The number of halogens is 1. The van der Waals surface area contributed by atoms with Gasteiger partial charge in [0.1, 0.15) is 23.3 Å². The molecule has 0 radical (unpaired) electrons. The number of benzene rings is 1. The van der Waals surface area contributed by atoms with Crippen LogP contribution < -0.4 is 0 Å². The van der Waals surface area contributed by atoms with Crippen LogP contribution in [0.15, 0.2) is 54.3 Å². The number of aromatic amines is 1. The molecule has 2 aromatic heterocycles. The number of hydrogen-bond acceptors (Lipinski definition) is 6. The molecule has 4 rings (SSSR count). The molecule has 0 saturated heterocycles. The quantitative estimate of drug-likeness (QED) is 0.460. The second-order valence-corrected chi connectivity index (χ2v) is 8.34. The topological polar surface area (TPSA) is 119 Å². The number of ether oxygens (including phenoxy) is 1. The van der Waals surface area contributed by atoms with Crippen LogP contribution in [0.4, 0.5) is 0 Å². The summed E-state index contributed by atoms with van der Waals surface area (Å²) in [5.41, 5.74) is 0.273. The van der Waals surface area contributed by atoms with Crippen molar-refractivity contribution in [1.82, 2.24) is 30.2 Å². The Morgan fingerprint density at radius 2 is 2.15 bits per heavy atom. The monoisotopic (exact) mass is 468 g/mol. The molecular formula is C23H25ClN6O3. The maximum Gasteiger partial charge on any atom is 0.357 e. The lowest BCUT2D eigenvalue weighted by Crippen LogP contribution is -2.33. The van der Waals surface area contributed by atoms with Crippen molar-refractivity contribution in [2.75, 3.05) is 0 Å². The first-order chi connectivity index (χ1) is 16.0. The average Bonchev–Trinajstić information content (AvgIpc) is 3.48. The fraction of sp³-hybridized carbons (Fsp3) is 0.348. The molecule has 1 atom stereocenters. The Labute approximate surface area is 196 Å². The number of aromatic carboxylic acids is 1. The first kappa shape index (κ1) is 22.7. The summed E-state index contributed by atoms with van der Waals surface area (Å²) in [6, 6.07) is 9.94. The van der Waals surface area contributed by atoms with Crippen molar-refractivity contribution in [3.05, 3.63) is 82.4 Å². The van der Waals surface area contributed by atoms with Crippen molar-refractivity contribution >= 4 is 17.6 Å². The van der Waals surface area contributed by atoms with Crippen LogP contribution >= 0.6 is 11.6 Å². The molecule has 3 aromatic rings. The van der Waals surface area contributed by atoms with Crippen LogP contribution in [0, 0.1) is 0 Å². The van der Waals surface area contributed by atoms with Crippen molar-refractivity contribution in [2.24, 2.45) is 0 Å². The SMILES string of the molecule is CCCCc1nc(C(=O)O)c(Cl)n1CC1(c2nnn[nH]2)C=CC(OCc2ccccc2)=CC1. The number of unbranched alkanes of at least 4 members (excludes halogenated alkanes) is 1. The fourth-order valence-electron chi connectivity index (χ4n) is 3.83. The summed E-state index contributed by atoms with van der Waals surface area (Å²) in [6.45, 7) is 2.87. The lowest BCUT2D eigenvalue weighted by atomic mass is 9.80. The molecule has 0 aliphatic heterocycles. The molecule has 10 heteroatoms. The Hall–Kier alpha value is -3.46. The molecule has 0 bridgehead atoms. The smallest absolute Gasteiger partial charge is 0.357 e. The highest BCUT2D eigenvalue weighted by atomic mass is 35.5. The van der Waals surface area contributed by atoms with Gasteiger partial charge in [-0.05, 0) is 41.0 Å². The summed E-state index contributed by atoms with van der Waals surface area (Å²) >= 11 is 6.49. The van der Waals surface area contributed by atoms with E-state index in [0.717, 1.165) is 24.2 Å². The van der Waals surface area contributed by atoms with E-state index >= 15 is 0 Å². The molecular weight excluding hydrogens is 444 g/mol. The molecule has 1 aliphatic carbocycles. The molecule has 172 valence electrons. The van der Waals surface area contributed by atoms with E-state index < -0.39 is 11.4 Å². The van der Waals surface area contributed by atoms with E-state index in [9.17, 15) is 9.90 Å². The van der Waals surface area contributed by atoms with Gasteiger partial charge in [0.25, 0.3) is 0 Å². The normalized spacial score (nSPS) is 17.7. The van der Waals surface area contributed by atoms with Gasteiger partial charge in [-0.25, -0.2) is 14.9 Å². The van der Waals surface area contributed by atoms with Gasteiger partial charge in [-0.2, -0.15) is 0 Å². The van der Waals surface area contributed by atoms with Crippen molar-refractivity contribution in [1.29, 1.82) is 0 Å². The van der Waals surface area contributed by atoms with Crippen LogP contribution in [-0.2, 0) is 29.7 Å². The predicted molar refractivity (Wildman–Crippen MR) is 122 cm³/mol. The van der Waals surface area contributed by atoms with Gasteiger partial charge in [0.05, 0.1) is 5.41 Å². The van der Waals surface area contributed by atoms with E-state index in [1.165, 1.54) is 0 Å². The highest BCUT2D eigenvalue weighted by Gasteiger charge is 2.37. The average molecular weight is 469 g/mol. The minimum Gasteiger partial charge on any atom is -0.489 e. The summed E-state index contributed by atoms with van der Waals surface area (Å²) in [5.74, 6) is 0.786. The van der Waals surface area contributed by atoms with Crippen LogP contribution in [0.1, 0.15) is 53.9 Å². The number of carbonyl (C=O) groups is 1. The minimum atomic E-state index is -1.15. The van der Waals surface area contributed by atoms with Crippen molar-refractivity contribution in [3.63, 3.8) is 0 Å². The minimum absolute atomic E-state index is 0.101. The highest BCUT2D eigenvalue weighted by Crippen LogP contribution is 2.36. The first-order valence-corrected chi connectivity index (χ1v) is 11.2. The molecule has 33 heavy (non-hydrogen) atoms. The van der Waals surface area contributed by atoms with E-state index in [1.54, 1.807) is 4.57 Å². The third kappa shape index (κ3) is 4.98. The lowest BCUT2D eigenvalue weighted by molar-refractivity contribution is 0.0691. The molecule has 2 heterocycles. The van der Waals surface area contributed by atoms with E-state index in [1.807, 2.05) is 48.6 Å². The highest BCUT2D eigenvalue weighted by molar-refractivity contribution is 6.32. The van der Waals surface area contributed by atoms with Crippen molar-refractivity contribution in [2.45, 2.75) is 51.2 Å². The molecule has 1 aromatic carbocycles. The predicted octanol–water partition coefficient (Wildman–Crippen LogP) is 4.09. The third-order valence-electron chi connectivity index (χ3n) is 5.68. The summed E-state index contributed by atoms with van der Waals surface area (Å²) in [6.07, 6.45) is 8.85. The number of allylic oxidation sites excluding steroid dienone is 3. The number of rotatable bonds is 10. The van der Waals surface area contributed by atoms with Crippen molar-refractivity contribution < 1.29 is 14.6 Å². The zero-order valence-corrected chi connectivity index (χ0v) is 19.0. The molecule has 0 spiro atoms. The second-order valence-electron chi connectivity index (χ2n) is 7.99. The van der Waals surface area contributed by atoms with Gasteiger partial charge in [-0.1, -0.05) is 61.4 Å². The Morgan fingerprint density at radius 3 is 2.79 bits per heavy atom. The summed E-state index contributed by atoms with van der Waals surface area (Å²) in [7, 11) is 0. The number of hydrogen-bond donors (Lipinski definition) is 2. The van der Waals surface area contributed by atoms with E-state index in [0.29, 0.717) is 37.6 Å². The molecule has 2 N–H and O–H groups in total. The molecule has 1 unspecified atom stereocenters. The number of nitrogens with zero attached hydrogens (tertiary/aromatic N) is 5. The van der Waals surface area contributed by atoms with Crippen molar-refractivity contribution in [3.8, 4) is 0 Å². The van der Waals surface area contributed by atoms with Crippen LogP contribution in [-0.4, -0.2) is 41.3 Å². The molecule has 0 fully saturated rings. The largest absolute Gasteiger partial charge is 0.489 e. The maximum absolute atomic E-state index is 11.7. The van der Waals surface area contributed by atoms with Gasteiger partial charge in [-0.15, -0.1) is 5.10 Å². The number of nitrogens with one attached hydrogen (secondary N) is 1. The Kier molecular flexibility index (Phi) is 6.88. The van der Waals surface area contributed by atoms with E-state index in [4.69, 9.17) is 16.3 Å². The molecule has 0 amide bonds. The zero-order chi connectivity index (χ0) is 23.3. The van der Waals surface area contributed by atoms with Crippen LogP contribution in [0.5, 0.6) is 0 Å². The number of imidazole rings is 1. The first-order valence-electron chi connectivity index (χ1n) is 10.8. The summed E-state index contributed by atoms with van der Waals surface area (Å²) < 4.78 is 7.72. The van der Waals surface area contributed by atoms with Gasteiger partial charge in [0, 0.05) is 13.0 Å². The van der Waals surface area contributed by atoms with Crippen LogP contribution in [0.25, 0.3) is 0 Å². The Bertz CT molecular complexity index is 1160. The molecule has 0 saturated carbocycles. The van der Waals surface area contributed by atoms with Gasteiger partial charge >= 0.3 is 5.97 Å². The summed E-state index contributed by atoms with van der Waals surface area (Å²) in [5, 5.41) is 24.2. The standard InChI is InChI=1S/C23H25ClN6O3/c1-2-3-9-18-25-19(21(31)32)20(24)30(18)15-23(22-26-28-29-27-22)12-10-17(11-13-23)33-14-16-7-5-4-6-8-16/h4-8,10-12H,2-3,9,13-15H2,1H3,(H,31,32)(H,26,27,28,29). The number of H-pyrrole nitrogens is 1. The number of tetrazole rings is 1. The van der Waals surface area contributed by atoms with Gasteiger partial charge in [0.2, 0.25) is 0 Å². The molecule has 9 nitrogen and oxygen atoms in total. The van der Waals surface area contributed by atoms with Crippen LogP contribution in [0.2, 0.25) is 5.15 Å². The number of carboxylic acid groups (broad SMARTS) is 1. The number of aryl methyl sites for hydroxylation is 1. The van der Waals surface area contributed by atoms with Crippen LogP contribution in [0.3, 0.4) is 0 Å². The third-order valence-corrected chi connectivity index (χ3v) is 6.06. The van der Waals surface area contributed by atoms with Gasteiger partial charge in [0.15, 0.2) is 11.5 Å². The Balaban J connectivity index is 1.61. The Morgan fingerprint density at radius 1 is 1.33 bits per heavy atom. The summed E-state index contributed by atoms with van der Waals surface area (Å²) in [4.78, 5) is 16.0. The zero-order valence-electron chi connectivity index (χ0n) is 18.2. The fourth-order valence-corrected chi connectivity index (χ4v) is 4.11.